The summed E-state index contributed by atoms with van der Waals surface area (Å²) in [5, 5.41) is 15.6. The number of nitrogens with zero attached hydrogens (tertiary/aromatic N) is 3. The third-order valence-electron chi connectivity index (χ3n) is 7.17. The molecule has 0 unspecified atom stereocenters. The molecular weight excluding hydrogens is 603 g/mol. The molecular formula is C33H20F2N4O3S2. The molecule has 0 aliphatic carbocycles. The third kappa shape index (κ3) is 4.91. The first kappa shape index (κ1) is 27.6. The molecule has 0 fully saturated rings. The normalized spacial score (nSPS) is 11.3. The predicted molar refractivity (Wildman–Crippen MR) is 169 cm³/mol. The first-order chi connectivity index (χ1) is 21.4. The summed E-state index contributed by atoms with van der Waals surface area (Å²) >= 11 is 2.45. The summed E-state index contributed by atoms with van der Waals surface area (Å²) in [4.78, 5) is 34.1. The molecule has 7 nitrogen and oxygen atoms in total. The molecule has 4 heterocycles. The number of pyridine rings is 1. The van der Waals surface area contributed by atoms with E-state index >= 15 is 0 Å². The van der Waals surface area contributed by atoms with E-state index in [9.17, 15) is 23.5 Å². The lowest BCUT2D eigenvalue weighted by Crippen LogP contribution is -2.19. The van der Waals surface area contributed by atoms with Crippen molar-refractivity contribution in [1.29, 1.82) is 0 Å². The fraction of sp³-hybridized carbons (Fsp3) is 0.0303. The molecule has 7 aromatic rings. The van der Waals surface area contributed by atoms with Gasteiger partial charge in [0.1, 0.15) is 23.1 Å². The van der Waals surface area contributed by atoms with E-state index in [1.807, 2.05) is 47.0 Å². The van der Waals surface area contributed by atoms with Crippen LogP contribution in [0.1, 0.15) is 9.67 Å². The number of benzene rings is 3. The second-order valence-electron chi connectivity index (χ2n) is 9.89. The van der Waals surface area contributed by atoms with Crippen molar-refractivity contribution in [3.05, 3.63) is 113 Å². The Labute approximate surface area is 256 Å². The Kier molecular flexibility index (Phi) is 6.96. The summed E-state index contributed by atoms with van der Waals surface area (Å²) in [6, 6.07) is 23.7. The molecule has 1 amide bonds. The van der Waals surface area contributed by atoms with Crippen molar-refractivity contribution in [1.82, 2.24) is 14.5 Å². The minimum Gasteiger partial charge on any atom is -0.477 e. The molecule has 44 heavy (non-hydrogen) atoms. The lowest BCUT2D eigenvalue weighted by atomic mass is 9.99. The van der Waals surface area contributed by atoms with Crippen LogP contribution >= 0.6 is 22.7 Å². The van der Waals surface area contributed by atoms with Crippen LogP contribution in [0.5, 0.6) is 0 Å². The number of fused-ring (bicyclic) bond motifs is 2. The number of amides is 1. The number of thiophene rings is 1. The molecule has 0 radical (unpaired) electrons. The van der Waals surface area contributed by atoms with Crippen LogP contribution in [0.3, 0.4) is 0 Å². The van der Waals surface area contributed by atoms with Crippen LogP contribution in [-0.2, 0) is 11.3 Å². The Morgan fingerprint density at radius 3 is 2.41 bits per heavy atom. The number of nitrogens with one attached hydrogen (secondary N) is 1. The Morgan fingerprint density at radius 1 is 0.886 bits per heavy atom. The van der Waals surface area contributed by atoms with Gasteiger partial charge in [-0.3, -0.25) is 4.79 Å². The van der Waals surface area contributed by atoms with Gasteiger partial charge in [0, 0.05) is 22.5 Å². The van der Waals surface area contributed by atoms with Gasteiger partial charge in [0.15, 0.2) is 5.13 Å². The van der Waals surface area contributed by atoms with Crippen molar-refractivity contribution < 1.29 is 23.5 Å². The first-order valence-corrected chi connectivity index (χ1v) is 15.1. The number of thiazole rings is 1. The number of carboxylic acid groups (broad SMARTS) is 1. The van der Waals surface area contributed by atoms with E-state index in [0.29, 0.717) is 16.2 Å². The molecule has 0 saturated carbocycles. The largest absolute Gasteiger partial charge is 0.477 e. The van der Waals surface area contributed by atoms with Gasteiger partial charge in [-0.2, -0.15) is 0 Å². The number of aromatic nitrogens is 3. The molecule has 0 bridgehead atoms. The first-order valence-electron chi connectivity index (χ1n) is 13.4. The van der Waals surface area contributed by atoms with Crippen molar-refractivity contribution in [2.24, 2.45) is 0 Å². The summed E-state index contributed by atoms with van der Waals surface area (Å²) < 4.78 is 31.5. The number of carboxylic acids is 1. The highest BCUT2D eigenvalue weighted by atomic mass is 32.1. The van der Waals surface area contributed by atoms with E-state index in [0.717, 1.165) is 43.8 Å². The zero-order chi connectivity index (χ0) is 30.4. The Hall–Kier alpha value is -5.26. The third-order valence-corrected chi connectivity index (χ3v) is 8.99. The summed E-state index contributed by atoms with van der Waals surface area (Å²) in [6.07, 6.45) is 1.60. The standard InChI is InChI=1S/C33H20F2N4O3S2/c34-21-7-4-8-22(35)29(21)24-12-9-19-15-20(10-11-23(19)37-24)30-28(18-5-2-1-3-6-18)31-25(16-26(44-31)32(41)42)39(30)17-27(40)38-33-36-13-14-43-33/h1-16H,17H2,(H,41,42)(H,36,38,40). The minimum absolute atomic E-state index is 0.101. The molecule has 11 heteroatoms. The summed E-state index contributed by atoms with van der Waals surface area (Å²) in [7, 11) is 0. The highest BCUT2D eigenvalue weighted by Crippen LogP contribution is 2.45. The quantitative estimate of drug-likeness (QED) is 0.186. The van der Waals surface area contributed by atoms with E-state index in [2.05, 4.69) is 15.3 Å². The second kappa shape index (κ2) is 11.1. The maximum Gasteiger partial charge on any atom is 0.345 e. The number of hydrogen-bond donors (Lipinski definition) is 2. The van der Waals surface area contributed by atoms with Gasteiger partial charge in [-0.25, -0.2) is 23.5 Å². The number of aromatic carboxylic acids is 1. The van der Waals surface area contributed by atoms with Gasteiger partial charge in [0.25, 0.3) is 0 Å². The summed E-state index contributed by atoms with van der Waals surface area (Å²) in [5.41, 5.74) is 4.24. The van der Waals surface area contributed by atoms with Crippen LogP contribution in [0.4, 0.5) is 13.9 Å². The molecule has 0 atom stereocenters. The average molecular weight is 623 g/mol. The maximum atomic E-state index is 14.5. The fourth-order valence-electron chi connectivity index (χ4n) is 5.31. The lowest BCUT2D eigenvalue weighted by Gasteiger charge is -2.14. The SMILES string of the molecule is O=C(Cn1c(-c2ccc3nc(-c4c(F)cccc4F)ccc3c2)c(-c2ccccc2)c2sc(C(=O)O)cc21)Nc1nccs1. The van der Waals surface area contributed by atoms with Crippen LogP contribution in [0.25, 0.3) is 54.8 Å². The van der Waals surface area contributed by atoms with Crippen molar-refractivity contribution in [3.8, 4) is 33.6 Å². The van der Waals surface area contributed by atoms with Crippen LogP contribution in [-0.4, -0.2) is 31.5 Å². The van der Waals surface area contributed by atoms with Crippen molar-refractivity contribution in [2.75, 3.05) is 5.32 Å². The number of rotatable bonds is 7. The van der Waals surface area contributed by atoms with Gasteiger partial charge in [0.2, 0.25) is 5.91 Å². The van der Waals surface area contributed by atoms with E-state index < -0.39 is 17.6 Å². The van der Waals surface area contributed by atoms with Crippen molar-refractivity contribution in [3.63, 3.8) is 0 Å². The topological polar surface area (TPSA) is 97.1 Å². The molecule has 7 rings (SSSR count). The zero-order valence-electron chi connectivity index (χ0n) is 22.6. The Bertz CT molecular complexity index is 2190. The molecule has 3 aromatic carbocycles. The molecule has 4 aromatic heterocycles. The number of carbonyl (C=O) groups is 2. The van der Waals surface area contributed by atoms with E-state index in [1.54, 1.807) is 35.8 Å². The molecule has 0 saturated heterocycles. The van der Waals surface area contributed by atoms with Gasteiger partial charge in [-0.1, -0.05) is 48.5 Å². The van der Waals surface area contributed by atoms with Gasteiger partial charge in [-0.05, 0) is 47.5 Å². The minimum atomic E-state index is -1.05. The van der Waals surface area contributed by atoms with Gasteiger partial charge in [0.05, 0.1) is 32.7 Å². The predicted octanol–water partition coefficient (Wildman–Crippen LogP) is 8.32. The lowest BCUT2D eigenvalue weighted by molar-refractivity contribution is -0.116. The van der Waals surface area contributed by atoms with Crippen LogP contribution in [0.2, 0.25) is 0 Å². The van der Waals surface area contributed by atoms with Crippen molar-refractivity contribution in [2.45, 2.75) is 6.54 Å². The monoisotopic (exact) mass is 622 g/mol. The highest BCUT2D eigenvalue weighted by Gasteiger charge is 2.26. The van der Waals surface area contributed by atoms with Crippen LogP contribution < -0.4 is 5.32 Å². The zero-order valence-corrected chi connectivity index (χ0v) is 24.3. The van der Waals surface area contributed by atoms with Gasteiger partial charge >= 0.3 is 5.97 Å². The summed E-state index contributed by atoms with van der Waals surface area (Å²) in [5.74, 6) is -2.77. The smallest absolute Gasteiger partial charge is 0.345 e. The number of carbonyl (C=O) groups excluding carboxylic acids is 1. The number of anilines is 1. The summed E-state index contributed by atoms with van der Waals surface area (Å²) in [6.45, 7) is -0.101. The Morgan fingerprint density at radius 2 is 1.68 bits per heavy atom. The number of hydrogen-bond acceptors (Lipinski definition) is 6. The van der Waals surface area contributed by atoms with Crippen LogP contribution in [0, 0.1) is 11.6 Å². The van der Waals surface area contributed by atoms with Crippen molar-refractivity contribution >= 4 is 60.8 Å². The highest BCUT2D eigenvalue weighted by molar-refractivity contribution is 7.21. The van der Waals surface area contributed by atoms with Crippen LogP contribution in [0.15, 0.2) is 96.5 Å². The molecule has 0 spiro atoms. The molecule has 216 valence electrons. The van der Waals surface area contributed by atoms with E-state index in [1.165, 1.54) is 29.5 Å². The molecule has 0 aliphatic rings. The van der Waals surface area contributed by atoms with E-state index in [4.69, 9.17) is 0 Å². The second-order valence-corrected chi connectivity index (χ2v) is 11.8. The Balaban J connectivity index is 1.42. The molecule has 0 aliphatic heterocycles. The van der Waals surface area contributed by atoms with E-state index in [-0.39, 0.29) is 28.6 Å². The average Bonchev–Trinajstić information content (AvgIpc) is 3.75. The maximum absolute atomic E-state index is 14.5. The fourth-order valence-corrected chi connectivity index (χ4v) is 6.92. The number of halogens is 2. The molecule has 2 N–H and O–H groups in total. The van der Waals surface area contributed by atoms with Gasteiger partial charge < -0.3 is 15.0 Å². The van der Waals surface area contributed by atoms with Gasteiger partial charge in [-0.15, -0.1) is 22.7 Å².